The van der Waals surface area contributed by atoms with E-state index in [4.69, 9.17) is 9.47 Å². The van der Waals surface area contributed by atoms with Crippen LogP contribution < -0.4 is 15.4 Å². The first-order chi connectivity index (χ1) is 17.0. The first kappa shape index (κ1) is 23.0. The number of amides is 2. The molecule has 3 atom stereocenters. The molecule has 7 heteroatoms. The SMILES string of the molecule is COc1ccccc1/C=C1\OC2CCC(C(=O)NCCc3c[nH]c4ccc(C)cc34)CC2NC1=O. The summed E-state index contributed by atoms with van der Waals surface area (Å²) in [5.41, 5.74) is 4.33. The van der Waals surface area contributed by atoms with Gasteiger partial charge in [-0.3, -0.25) is 9.59 Å². The molecule has 1 aromatic heterocycles. The number of ether oxygens (including phenoxy) is 2. The second-order valence-corrected chi connectivity index (χ2v) is 9.40. The Morgan fingerprint density at radius 1 is 1.23 bits per heavy atom. The van der Waals surface area contributed by atoms with Gasteiger partial charge in [0.15, 0.2) is 5.76 Å². The lowest BCUT2D eigenvalue weighted by Crippen LogP contribution is -2.54. The molecule has 1 saturated carbocycles. The molecule has 3 aromatic rings. The Morgan fingerprint density at radius 2 is 2.09 bits per heavy atom. The van der Waals surface area contributed by atoms with Crippen molar-refractivity contribution in [3.8, 4) is 5.75 Å². The van der Waals surface area contributed by atoms with E-state index in [2.05, 4.69) is 40.7 Å². The van der Waals surface area contributed by atoms with Crippen LogP contribution in [0.5, 0.6) is 5.75 Å². The molecule has 7 nitrogen and oxygen atoms in total. The first-order valence-corrected chi connectivity index (χ1v) is 12.2. The Balaban J connectivity index is 1.16. The van der Waals surface area contributed by atoms with E-state index in [1.54, 1.807) is 13.2 Å². The largest absolute Gasteiger partial charge is 0.496 e. The quantitative estimate of drug-likeness (QED) is 0.474. The Bertz CT molecular complexity index is 1280. The van der Waals surface area contributed by atoms with Gasteiger partial charge in [0.25, 0.3) is 5.91 Å². The zero-order valence-electron chi connectivity index (χ0n) is 20.1. The minimum atomic E-state index is -0.257. The Hall–Kier alpha value is -3.74. The highest BCUT2D eigenvalue weighted by Crippen LogP contribution is 2.32. The molecule has 2 heterocycles. The smallest absolute Gasteiger partial charge is 0.286 e. The van der Waals surface area contributed by atoms with Crippen LogP contribution in [0.1, 0.15) is 36.0 Å². The van der Waals surface area contributed by atoms with Crippen molar-refractivity contribution >= 4 is 28.8 Å². The van der Waals surface area contributed by atoms with Gasteiger partial charge in [0.05, 0.1) is 13.2 Å². The molecule has 3 N–H and O–H groups in total. The van der Waals surface area contributed by atoms with Crippen LogP contribution in [0.4, 0.5) is 0 Å². The third kappa shape index (κ3) is 4.90. The van der Waals surface area contributed by atoms with Gasteiger partial charge in [0.1, 0.15) is 11.9 Å². The number of hydrogen-bond acceptors (Lipinski definition) is 4. The molecule has 182 valence electrons. The summed E-state index contributed by atoms with van der Waals surface area (Å²) in [5, 5.41) is 7.36. The number of benzene rings is 2. The number of aromatic nitrogens is 1. The van der Waals surface area contributed by atoms with E-state index in [0.717, 1.165) is 23.9 Å². The highest BCUT2D eigenvalue weighted by Gasteiger charge is 2.40. The highest BCUT2D eigenvalue weighted by atomic mass is 16.5. The van der Waals surface area contributed by atoms with Crippen molar-refractivity contribution in [1.82, 2.24) is 15.6 Å². The maximum Gasteiger partial charge on any atom is 0.286 e. The maximum atomic E-state index is 12.9. The molecule has 1 saturated heterocycles. The van der Waals surface area contributed by atoms with Crippen molar-refractivity contribution in [2.45, 2.75) is 44.8 Å². The van der Waals surface area contributed by atoms with Gasteiger partial charge < -0.3 is 25.1 Å². The number of aromatic amines is 1. The average Bonchev–Trinajstić information content (AvgIpc) is 3.26. The van der Waals surface area contributed by atoms with Crippen molar-refractivity contribution in [3.05, 3.63) is 71.1 Å². The maximum absolute atomic E-state index is 12.9. The minimum Gasteiger partial charge on any atom is -0.496 e. The van der Waals surface area contributed by atoms with Crippen molar-refractivity contribution in [2.75, 3.05) is 13.7 Å². The van der Waals surface area contributed by atoms with E-state index in [1.807, 2.05) is 30.5 Å². The van der Waals surface area contributed by atoms with Crippen LogP contribution in [0.2, 0.25) is 0 Å². The summed E-state index contributed by atoms with van der Waals surface area (Å²) >= 11 is 0. The number of morpholine rings is 1. The highest BCUT2D eigenvalue weighted by molar-refractivity contribution is 5.97. The van der Waals surface area contributed by atoms with Gasteiger partial charge in [-0.1, -0.05) is 29.8 Å². The summed E-state index contributed by atoms with van der Waals surface area (Å²) in [5.74, 6) is 0.622. The number of fused-ring (bicyclic) bond motifs is 2. The molecule has 1 aliphatic carbocycles. The van der Waals surface area contributed by atoms with Crippen molar-refractivity contribution in [1.29, 1.82) is 0 Å². The van der Waals surface area contributed by atoms with Gasteiger partial charge >= 0.3 is 0 Å². The lowest BCUT2D eigenvalue weighted by atomic mass is 9.82. The molecular formula is C28H31N3O4. The van der Waals surface area contributed by atoms with Gasteiger partial charge in [0.2, 0.25) is 5.91 Å². The van der Waals surface area contributed by atoms with Crippen LogP contribution in [0.25, 0.3) is 17.0 Å². The van der Waals surface area contributed by atoms with E-state index in [9.17, 15) is 9.59 Å². The fourth-order valence-corrected chi connectivity index (χ4v) is 5.12. The predicted octanol–water partition coefficient (Wildman–Crippen LogP) is 3.87. The van der Waals surface area contributed by atoms with Gasteiger partial charge in [-0.15, -0.1) is 0 Å². The van der Waals surface area contributed by atoms with Gasteiger partial charge in [-0.25, -0.2) is 0 Å². The average molecular weight is 474 g/mol. The zero-order valence-corrected chi connectivity index (χ0v) is 20.1. The standard InChI is InChI=1S/C28H31N3O4/c1-17-7-9-22-21(13-17)20(16-30-22)11-12-29-27(32)19-8-10-25-23(14-19)31-28(33)26(35-25)15-18-5-3-4-6-24(18)34-2/h3-7,9,13,15-16,19,23,25,30H,8,10-12,14H2,1-2H3,(H,29,32)(H,31,33)/b26-15-. The summed E-state index contributed by atoms with van der Waals surface area (Å²) in [6.07, 6.45) is 6.40. The van der Waals surface area contributed by atoms with Crippen molar-refractivity contribution < 1.29 is 19.1 Å². The molecule has 1 aliphatic heterocycles. The first-order valence-electron chi connectivity index (χ1n) is 12.2. The Labute approximate surface area is 204 Å². The third-order valence-electron chi connectivity index (χ3n) is 7.02. The van der Waals surface area contributed by atoms with Crippen molar-refractivity contribution in [3.63, 3.8) is 0 Å². The molecular weight excluding hydrogens is 442 g/mol. The fraction of sp³-hybridized carbons (Fsp3) is 0.357. The normalized spacial score (nSPS) is 22.9. The number of carbonyl (C=O) groups is 2. The molecule has 2 aliphatic rings. The monoisotopic (exact) mass is 473 g/mol. The molecule has 3 unspecified atom stereocenters. The molecule has 2 amide bonds. The zero-order chi connectivity index (χ0) is 24.4. The van der Waals surface area contributed by atoms with E-state index < -0.39 is 0 Å². The van der Waals surface area contributed by atoms with Crippen LogP contribution >= 0.6 is 0 Å². The van der Waals surface area contributed by atoms with Crippen LogP contribution in [0.3, 0.4) is 0 Å². The van der Waals surface area contributed by atoms with Crippen LogP contribution in [-0.4, -0.2) is 42.6 Å². The third-order valence-corrected chi connectivity index (χ3v) is 7.02. The molecule has 5 rings (SSSR count). The lowest BCUT2D eigenvalue weighted by molar-refractivity contribution is -0.134. The summed E-state index contributed by atoms with van der Waals surface area (Å²) in [6.45, 7) is 2.67. The number of nitrogens with one attached hydrogen (secondary N) is 3. The number of aryl methyl sites for hydroxylation is 1. The number of rotatable bonds is 6. The van der Waals surface area contributed by atoms with E-state index in [1.165, 1.54) is 16.5 Å². The summed E-state index contributed by atoms with van der Waals surface area (Å²) in [4.78, 5) is 28.9. The minimum absolute atomic E-state index is 0.0454. The molecule has 0 spiro atoms. The molecule has 0 bridgehead atoms. The molecule has 0 radical (unpaired) electrons. The lowest BCUT2D eigenvalue weighted by Gasteiger charge is -2.39. The van der Waals surface area contributed by atoms with Gasteiger partial charge in [-0.2, -0.15) is 0 Å². The number of methoxy groups -OCH3 is 1. The topological polar surface area (TPSA) is 92.4 Å². The van der Waals surface area contributed by atoms with Crippen LogP contribution in [0, 0.1) is 12.8 Å². The number of H-pyrrole nitrogens is 1. The molecule has 2 fully saturated rings. The summed E-state index contributed by atoms with van der Waals surface area (Å²) in [6, 6.07) is 13.7. The Morgan fingerprint density at radius 3 is 2.94 bits per heavy atom. The van der Waals surface area contributed by atoms with E-state index >= 15 is 0 Å². The second kappa shape index (κ2) is 9.86. The number of para-hydroxylation sites is 1. The molecule has 2 aromatic carbocycles. The van der Waals surface area contributed by atoms with Crippen LogP contribution in [-0.2, 0) is 20.7 Å². The van der Waals surface area contributed by atoms with Gasteiger partial charge in [-0.05, 0) is 62.4 Å². The molecule has 35 heavy (non-hydrogen) atoms. The Kier molecular flexibility index (Phi) is 6.49. The van der Waals surface area contributed by atoms with E-state index in [-0.39, 0.29) is 35.6 Å². The van der Waals surface area contributed by atoms with E-state index in [0.29, 0.717) is 25.1 Å². The number of hydrogen-bond donors (Lipinski definition) is 3. The second-order valence-electron chi connectivity index (χ2n) is 9.40. The van der Waals surface area contributed by atoms with Crippen LogP contribution in [0.15, 0.2) is 54.4 Å². The summed E-state index contributed by atoms with van der Waals surface area (Å²) in [7, 11) is 1.60. The fourth-order valence-electron chi connectivity index (χ4n) is 5.12. The van der Waals surface area contributed by atoms with Crippen molar-refractivity contribution in [2.24, 2.45) is 5.92 Å². The van der Waals surface area contributed by atoms with Gasteiger partial charge in [0, 0.05) is 35.1 Å². The summed E-state index contributed by atoms with van der Waals surface area (Å²) < 4.78 is 11.4. The number of carbonyl (C=O) groups excluding carboxylic acids is 2. The predicted molar refractivity (Wildman–Crippen MR) is 135 cm³/mol.